The maximum absolute atomic E-state index is 11.3. The van der Waals surface area contributed by atoms with E-state index in [0.717, 1.165) is 18.5 Å². The summed E-state index contributed by atoms with van der Waals surface area (Å²) in [6, 6.07) is 0. The lowest BCUT2D eigenvalue weighted by Gasteiger charge is -2.07. The molecule has 0 fully saturated rings. The summed E-state index contributed by atoms with van der Waals surface area (Å²) >= 11 is 0. The van der Waals surface area contributed by atoms with Crippen LogP contribution in [0.25, 0.3) is 6.08 Å². The number of aromatic amines is 1. The fourth-order valence-corrected chi connectivity index (χ4v) is 1.33. The first-order chi connectivity index (χ1) is 5.77. The van der Waals surface area contributed by atoms with Crippen LogP contribution in [0.4, 0.5) is 5.95 Å². The number of nitrogen functional groups attached to an aromatic ring is 1. The molecule has 0 radical (unpaired) electrons. The number of aryl methyl sites for hydroxylation is 1. The summed E-state index contributed by atoms with van der Waals surface area (Å²) < 4.78 is 0. The molecule has 3 N–H and O–H groups in total. The highest BCUT2D eigenvalue weighted by Gasteiger charge is 2.09. The van der Waals surface area contributed by atoms with E-state index in [2.05, 4.69) is 9.97 Å². The highest BCUT2D eigenvalue weighted by Crippen LogP contribution is 2.12. The zero-order valence-corrected chi connectivity index (χ0v) is 6.50. The Labute approximate surface area is 69.1 Å². The summed E-state index contributed by atoms with van der Waals surface area (Å²) in [5.41, 5.74) is 6.70. The van der Waals surface area contributed by atoms with Gasteiger partial charge >= 0.3 is 0 Å². The third-order valence-corrected chi connectivity index (χ3v) is 1.88. The van der Waals surface area contributed by atoms with Crippen molar-refractivity contribution in [1.29, 1.82) is 0 Å². The molecule has 0 atom stereocenters. The third kappa shape index (κ3) is 1.01. The Morgan fingerprint density at radius 2 is 2.42 bits per heavy atom. The second kappa shape index (κ2) is 2.48. The van der Waals surface area contributed by atoms with Crippen LogP contribution in [0.5, 0.6) is 0 Å². The van der Waals surface area contributed by atoms with E-state index in [1.165, 1.54) is 0 Å². The molecule has 4 nitrogen and oxygen atoms in total. The van der Waals surface area contributed by atoms with E-state index >= 15 is 0 Å². The van der Waals surface area contributed by atoms with Crippen LogP contribution < -0.4 is 11.3 Å². The van der Waals surface area contributed by atoms with Crippen LogP contribution in [0, 0.1) is 0 Å². The molecule has 0 saturated carbocycles. The van der Waals surface area contributed by atoms with Crippen molar-refractivity contribution in [3.05, 3.63) is 27.7 Å². The van der Waals surface area contributed by atoms with Gasteiger partial charge in [-0.2, -0.15) is 0 Å². The molecule has 1 aliphatic rings. The Hall–Kier alpha value is -1.58. The summed E-state index contributed by atoms with van der Waals surface area (Å²) in [5, 5.41) is 0. The number of fused-ring (bicyclic) bond motifs is 1. The van der Waals surface area contributed by atoms with Crippen LogP contribution in [0.15, 0.2) is 10.9 Å². The molecule has 62 valence electrons. The number of nitrogens with one attached hydrogen (secondary N) is 1. The number of rotatable bonds is 0. The van der Waals surface area contributed by atoms with E-state index in [-0.39, 0.29) is 11.5 Å². The van der Waals surface area contributed by atoms with Gasteiger partial charge in [0.1, 0.15) is 0 Å². The van der Waals surface area contributed by atoms with Crippen molar-refractivity contribution in [1.82, 2.24) is 9.97 Å². The Kier molecular flexibility index (Phi) is 1.46. The lowest BCUT2D eigenvalue weighted by molar-refractivity contribution is 0.904. The zero-order chi connectivity index (χ0) is 8.55. The molecule has 0 unspecified atom stereocenters. The third-order valence-electron chi connectivity index (χ3n) is 1.88. The van der Waals surface area contributed by atoms with Gasteiger partial charge in [-0.15, -0.1) is 0 Å². The van der Waals surface area contributed by atoms with Crippen molar-refractivity contribution in [2.45, 2.75) is 12.8 Å². The lowest BCUT2D eigenvalue weighted by atomic mass is 10.0. The van der Waals surface area contributed by atoms with Gasteiger partial charge in [-0.1, -0.05) is 12.2 Å². The number of hydrogen-bond acceptors (Lipinski definition) is 3. The quantitative estimate of drug-likeness (QED) is 0.578. The minimum absolute atomic E-state index is 0.145. The number of H-pyrrole nitrogens is 1. The van der Waals surface area contributed by atoms with Gasteiger partial charge in [-0.3, -0.25) is 9.78 Å². The first-order valence-corrected chi connectivity index (χ1v) is 3.82. The summed E-state index contributed by atoms with van der Waals surface area (Å²) in [6.07, 6.45) is 5.50. The maximum Gasteiger partial charge on any atom is 0.259 e. The van der Waals surface area contributed by atoms with Crippen LogP contribution in [0.1, 0.15) is 17.7 Å². The van der Waals surface area contributed by atoms with Crippen LogP contribution in [-0.2, 0) is 6.42 Å². The number of aromatic nitrogens is 2. The molecule has 1 aromatic rings. The second-order valence-electron chi connectivity index (χ2n) is 2.75. The van der Waals surface area contributed by atoms with Gasteiger partial charge < -0.3 is 5.73 Å². The molecule has 0 aliphatic heterocycles. The van der Waals surface area contributed by atoms with Gasteiger partial charge in [0.05, 0.1) is 11.3 Å². The normalized spacial score (nSPS) is 14.3. The number of nitrogens with zero attached hydrogens (tertiary/aromatic N) is 1. The van der Waals surface area contributed by atoms with Crippen LogP contribution in [-0.4, -0.2) is 9.97 Å². The summed E-state index contributed by atoms with van der Waals surface area (Å²) in [7, 11) is 0. The van der Waals surface area contributed by atoms with Crippen molar-refractivity contribution in [3.8, 4) is 0 Å². The molecule has 1 aliphatic carbocycles. The maximum atomic E-state index is 11.3. The summed E-state index contributed by atoms with van der Waals surface area (Å²) in [6.45, 7) is 0. The minimum Gasteiger partial charge on any atom is -0.369 e. The molecule has 0 amide bonds. The number of anilines is 1. The number of hydrogen-bond donors (Lipinski definition) is 2. The van der Waals surface area contributed by atoms with Crippen molar-refractivity contribution >= 4 is 12.0 Å². The Morgan fingerprint density at radius 1 is 1.58 bits per heavy atom. The van der Waals surface area contributed by atoms with E-state index in [0.29, 0.717) is 5.56 Å². The van der Waals surface area contributed by atoms with Crippen LogP contribution >= 0.6 is 0 Å². The zero-order valence-electron chi connectivity index (χ0n) is 6.50. The molecular formula is C8H9N3O. The first-order valence-electron chi connectivity index (χ1n) is 3.82. The highest BCUT2D eigenvalue weighted by atomic mass is 16.1. The lowest BCUT2D eigenvalue weighted by Crippen LogP contribution is -2.18. The molecule has 1 heterocycles. The van der Waals surface area contributed by atoms with Crippen molar-refractivity contribution in [2.75, 3.05) is 5.73 Å². The van der Waals surface area contributed by atoms with E-state index < -0.39 is 0 Å². The van der Waals surface area contributed by atoms with E-state index in [1.807, 2.05) is 6.08 Å². The monoisotopic (exact) mass is 163 g/mol. The SMILES string of the molecule is Nc1nc2c(c(=O)[nH]1)C=CCC2. The average Bonchev–Trinajstić information content (AvgIpc) is 2.04. The highest BCUT2D eigenvalue weighted by molar-refractivity contribution is 5.53. The molecule has 1 aromatic heterocycles. The van der Waals surface area contributed by atoms with Gasteiger partial charge in [-0.05, 0) is 12.8 Å². The van der Waals surface area contributed by atoms with E-state index in [1.54, 1.807) is 6.08 Å². The van der Waals surface area contributed by atoms with Gasteiger partial charge in [0.2, 0.25) is 5.95 Å². The summed E-state index contributed by atoms with van der Waals surface area (Å²) in [4.78, 5) is 17.8. The Morgan fingerprint density at radius 3 is 3.25 bits per heavy atom. The molecule has 0 bridgehead atoms. The number of allylic oxidation sites excluding steroid dienone is 1. The molecular weight excluding hydrogens is 154 g/mol. The van der Waals surface area contributed by atoms with Crippen LogP contribution in [0.3, 0.4) is 0 Å². The van der Waals surface area contributed by atoms with Gasteiger partial charge in [-0.25, -0.2) is 4.98 Å². The van der Waals surface area contributed by atoms with Crippen molar-refractivity contribution < 1.29 is 0 Å². The van der Waals surface area contributed by atoms with Crippen molar-refractivity contribution in [2.24, 2.45) is 0 Å². The summed E-state index contributed by atoms with van der Waals surface area (Å²) in [5.74, 6) is 0.203. The van der Waals surface area contributed by atoms with Gasteiger partial charge in [0.25, 0.3) is 5.56 Å². The van der Waals surface area contributed by atoms with Crippen LogP contribution in [0.2, 0.25) is 0 Å². The molecule has 0 aromatic carbocycles. The smallest absolute Gasteiger partial charge is 0.259 e. The first kappa shape index (κ1) is 7.09. The largest absolute Gasteiger partial charge is 0.369 e. The molecule has 0 spiro atoms. The van der Waals surface area contributed by atoms with E-state index in [9.17, 15) is 4.79 Å². The standard InChI is InChI=1S/C8H9N3O/c9-8-10-6-4-2-1-3-5(6)7(12)11-8/h1,3H,2,4H2,(H3,9,10,11,12). The Balaban J connectivity index is 2.71. The fraction of sp³-hybridized carbons (Fsp3) is 0.250. The Bertz CT molecular complexity index is 392. The van der Waals surface area contributed by atoms with E-state index in [4.69, 9.17) is 5.73 Å². The predicted molar refractivity (Wildman–Crippen MR) is 46.6 cm³/mol. The topological polar surface area (TPSA) is 71.8 Å². The van der Waals surface area contributed by atoms with Gasteiger partial charge in [0, 0.05) is 0 Å². The fourth-order valence-electron chi connectivity index (χ4n) is 1.33. The number of nitrogens with two attached hydrogens (primary N) is 1. The second-order valence-corrected chi connectivity index (χ2v) is 2.75. The van der Waals surface area contributed by atoms with Gasteiger partial charge in [0.15, 0.2) is 0 Å². The predicted octanol–water partition coefficient (Wildman–Crippen LogP) is 0.311. The minimum atomic E-state index is -0.145. The molecule has 12 heavy (non-hydrogen) atoms. The average molecular weight is 163 g/mol. The van der Waals surface area contributed by atoms with Crippen molar-refractivity contribution in [3.63, 3.8) is 0 Å². The molecule has 0 saturated heterocycles. The molecule has 4 heteroatoms. The molecule has 2 rings (SSSR count).